The summed E-state index contributed by atoms with van der Waals surface area (Å²) in [6, 6.07) is 4.25. The SMILES string of the molecule is C#CCn1c(C)nc(-c2cc(Cl)ccc2F)c1N. The molecule has 0 spiro atoms. The Morgan fingerprint density at radius 2 is 2.28 bits per heavy atom. The molecule has 5 heteroatoms. The van der Waals surface area contributed by atoms with E-state index in [9.17, 15) is 4.39 Å². The minimum atomic E-state index is -0.420. The molecule has 0 saturated carbocycles. The Morgan fingerprint density at radius 3 is 2.94 bits per heavy atom. The molecular formula is C13H11ClFN3. The van der Waals surface area contributed by atoms with Gasteiger partial charge in [-0.3, -0.25) is 0 Å². The summed E-state index contributed by atoms with van der Waals surface area (Å²) in [5.41, 5.74) is 6.58. The lowest BCUT2D eigenvalue weighted by atomic mass is 10.1. The van der Waals surface area contributed by atoms with Crippen LogP contribution in [0.15, 0.2) is 18.2 Å². The average molecular weight is 264 g/mol. The zero-order valence-corrected chi connectivity index (χ0v) is 10.5. The van der Waals surface area contributed by atoms with Crippen molar-refractivity contribution in [2.24, 2.45) is 0 Å². The summed E-state index contributed by atoms with van der Waals surface area (Å²) in [5.74, 6) is 3.04. The highest BCUT2D eigenvalue weighted by atomic mass is 35.5. The van der Waals surface area contributed by atoms with Crippen LogP contribution in [0.3, 0.4) is 0 Å². The fraction of sp³-hybridized carbons (Fsp3) is 0.154. The number of rotatable bonds is 2. The number of nitrogens with zero attached hydrogens (tertiary/aromatic N) is 2. The van der Waals surface area contributed by atoms with Crippen molar-refractivity contribution in [3.05, 3.63) is 34.9 Å². The summed E-state index contributed by atoms with van der Waals surface area (Å²) >= 11 is 5.85. The number of anilines is 1. The summed E-state index contributed by atoms with van der Waals surface area (Å²) in [5, 5.41) is 0.426. The number of hydrogen-bond donors (Lipinski definition) is 1. The largest absolute Gasteiger partial charge is 0.383 e. The van der Waals surface area contributed by atoms with E-state index < -0.39 is 5.82 Å². The van der Waals surface area contributed by atoms with Crippen LogP contribution >= 0.6 is 11.6 Å². The van der Waals surface area contributed by atoms with Gasteiger partial charge in [-0.05, 0) is 25.1 Å². The molecule has 0 atom stereocenters. The molecule has 0 aliphatic rings. The number of benzene rings is 1. The van der Waals surface area contributed by atoms with E-state index in [1.165, 1.54) is 18.2 Å². The van der Waals surface area contributed by atoms with E-state index in [0.717, 1.165) is 0 Å². The molecule has 3 nitrogen and oxygen atoms in total. The molecule has 92 valence electrons. The van der Waals surface area contributed by atoms with Gasteiger partial charge >= 0.3 is 0 Å². The third-order valence-electron chi connectivity index (χ3n) is 2.63. The molecule has 18 heavy (non-hydrogen) atoms. The van der Waals surface area contributed by atoms with Gasteiger partial charge in [-0.1, -0.05) is 17.5 Å². The molecule has 2 rings (SSSR count). The highest BCUT2D eigenvalue weighted by Gasteiger charge is 2.16. The first-order chi connectivity index (χ1) is 8.54. The number of nitrogens with two attached hydrogens (primary N) is 1. The van der Waals surface area contributed by atoms with E-state index in [4.69, 9.17) is 23.8 Å². The summed E-state index contributed by atoms with van der Waals surface area (Å²) in [6.45, 7) is 2.06. The van der Waals surface area contributed by atoms with Crippen molar-refractivity contribution >= 4 is 17.4 Å². The van der Waals surface area contributed by atoms with Crippen LogP contribution < -0.4 is 5.73 Å². The zero-order chi connectivity index (χ0) is 13.3. The zero-order valence-electron chi connectivity index (χ0n) is 9.74. The molecule has 1 aromatic carbocycles. The highest BCUT2D eigenvalue weighted by molar-refractivity contribution is 6.30. The molecular weight excluding hydrogens is 253 g/mol. The molecule has 0 unspecified atom stereocenters. The van der Waals surface area contributed by atoms with Crippen molar-refractivity contribution < 1.29 is 4.39 Å². The predicted octanol–water partition coefficient (Wildman–Crippen LogP) is 2.87. The smallest absolute Gasteiger partial charge is 0.132 e. The van der Waals surface area contributed by atoms with Crippen LogP contribution in [-0.4, -0.2) is 9.55 Å². The number of halogens is 2. The van der Waals surface area contributed by atoms with Gasteiger partial charge in [0.2, 0.25) is 0 Å². The lowest BCUT2D eigenvalue weighted by molar-refractivity contribution is 0.631. The Morgan fingerprint density at radius 1 is 1.56 bits per heavy atom. The van der Waals surface area contributed by atoms with Gasteiger partial charge in [-0.25, -0.2) is 9.37 Å². The predicted molar refractivity (Wildman–Crippen MR) is 70.6 cm³/mol. The van der Waals surface area contributed by atoms with Crippen molar-refractivity contribution in [1.82, 2.24) is 9.55 Å². The molecule has 0 bridgehead atoms. The molecule has 0 radical (unpaired) electrons. The maximum Gasteiger partial charge on any atom is 0.132 e. The first kappa shape index (κ1) is 12.5. The second-order valence-corrected chi connectivity index (χ2v) is 4.24. The molecule has 0 saturated heterocycles. The third-order valence-corrected chi connectivity index (χ3v) is 2.87. The highest BCUT2D eigenvalue weighted by Crippen LogP contribution is 2.30. The Bertz CT molecular complexity index is 640. The molecule has 0 fully saturated rings. The normalized spacial score (nSPS) is 10.3. The Hall–Kier alpha value is -1.99. The van der Waals surface area contributed by atoms with Crippen molar-refractivity contribution in [2.75, 3.05) is 5.73 Å². The Labute approximate surface area is 109 Å². The van der Waals surface area contributed by atoms with Crippen LogP contribution in [0.5, 0.6) is 0 Å². The first-order valence-electron chi connectivity index (χ1n) is 5.26. The molecule has 2 N–H and O–H groups in total. The monoisotopic (exact) mass is 263 g/mol. The van der Waals surface area contributed by atoms with Gasteiger partial charge < -0.3 is 10.3 Å². The summed E-state index contributed by atoms with van der Waals surface area (Å²) in [4.78, 5) is 4.24. The quantitative estimate of drug-likeness (QED) is 0.847. The van der Waals surface area contributed by atoms with Crippen molar-refractivity contribution in [3.63, 3.8) is 0 Å². The van der Waals surface area contributed by atoms with E-state index >= 15 is 0 Å². The van der Waals surface area contributed by atoms with Crippen LogP contribution in [0, 0.1) is 25.1 Å². The van der Waals surface area contributed by atoms with Crippen LogP contribution in [0.2, 0.25) is 5.02 Å². The lowest BCUT2D eigenvalue weighted by Gasteiger charge is -2.04. The Kier molecular flexibility index (Phi) is 3.26. The van der Waals surface area contributed by atoms with Gasteiger partial charge in [0, 0.05) is 10.6 Å². The maximum absolute atomic E-state index is 13.8. The van der Waals surface area contributed by atoms with E-state index in [-0.39, 0.29) is 5.56 Å². The van der Waals surface area contributed by atoms with E-state index in [2.05, 4.69) is 10.9 Å². The van der Waals surface area contributed by atoms with Crippen LogP contribution in [0.4, 0.5) is 10.2 Å². The van der Waals surface area contributed by atoms with Crippen molar-refractivity contribution in [3.8, 4) is 23.6 Å². The second-order valence-electron chi connectivity index (χ2n) is 3.81. The Balaban J connectivity index is 2.62. The summed E-state index contributed by atoms with van der Waals surface area (Å²) < 4.78 is 15.4. The number of nitrogen functional groups attached to an aromatic ring is 1. The first-order valence-corrected chi connectivity index (χ1v) is 5.64. The van der Waals surface area contributed by atoms with E-state index in [1.54, 1.807) is 11.5 Å². The standard InChI is InChI=1S/C13H11ClFN3/c1-3-6-18-8(2)17-12(13(18)16)10-7-9(14)4-5-11(10)15/h1,4-5,7H,6,16H2,2H3. The maximum atomic E-state index is 13.8. The minimum Gasteiger partial charge on any atom is -0.383 e. The van der Waals surface area contributed by atoms with Crippen molar-refractivity contribution in [2.45, 2.75) is 13.5 Å². The van der Waals surface area contributed by atoms with Crippen LogP contribution in [-0.2, 0) is 6.54 Å². The number of aryl methyl sites for hydroxylation is 1. The van der Waals surface area contributed by atoms with Crippen molar-refractivity contribution in [1.29, 1.82) is 0 Å². The fourth-order valence-corrected chi connectivity index (χ4v) is 1.92. The molecule has 2 aromatic rings. The van der Waals surface area contributed by atoms with E-state index in [0.29, 0.717) is 28.9 Å². The third kappa shape index (κ3) is 2.05. The molecule has 0 amide bonds. The second kappa shape index (κ2) is 4.71. The van der Waals surface area contributed by atoms with Gasteiger partial charge in [0.25, 0.3) is 0 Å². The van der Waals surface area contributed by atoms with Gasteiger partial charge in [0.05, 0.1) is 6.54 Å². The number of terminal acetylenes is 1. The molecule has 0 aliphatic carbocycles. The van der Waals surface area contributed by atoms with Gasteiger partial charge in [0.15, 0.2) is 0 Å². The number of hydrogen-bond acceptors (Lipinski definition) is 2. The minimum absolute atomic E-state index is 0.277. The molecule has 1 aromatic heterocycles. The number of aromatic nitrogens is 2. The molecule has 1 heterocycles. The topological polar surface area (TPSA) is 43.8 Å². The van der Waals surface area contributed by atoms with E-state index in [1.807, 2.05) is 0 Å². The van der Waals surface area contributed by atoms with Gasteiger partial charge in [0.1, 0.15) is 23.2 Å². The lowest BCUT2D eigenvalue weighted by Crippen LogP contribution is -2.03. The average Bonchev–Trinajstić information content (AvgIpc) is 2.61. The van der Waals surface area contributed by atoms with Crippen LogP contribution in [0.25, 0.3) is 11.3 Å². The number of imidazole rings is 1. The summed E-state index contributed by atoms with van der Waals surface area (Å²) in [7, 11) is 0. The van der Waals surface area contributed by atoms with Gasteiger partial charge in [-0.2, -0.15) is 0 Å². The molecule has 0 aliphatic heterocycles. The van der Waals surface area contributed by atoms with Crippen LogP contribution in [0.1, 0.15) is 5.82 Å². The summed E-state index contributed by atoms with van der Waals surface area (Å²) in [6.07, 6.45) is 5.25. The van der Waals surface area contributed by atoms with Gasteiger partial charge in [-0.15, -0.1) is 6.42 Å². The fourth-order valence-electron chi connectivity index (χ4n) is 1.75.